The van der Waals surface area contributed by atoms with Gasteiger partial charge in [0.05, 0.1) is 0 Å². The van der Waals surface area contributed by atoms with Gasteiger partial charge in [-0.1, -0.05) is 146 Å². The van der Waals surface area contributed by atoms with Crippen molar-refractivity contribution in [2.75, 3.05) is 0 Å². The van der Waals surface area contributed by atoms with Crippen LogP contribution in [0.5, 0.6) is 0 Å². The summed E-state index contributed by atoms with van der Waals surface area (Å²) in [4.78, 5) is 15.6. The highest BCUT2D eigenvalue weighted by molar-refractivity contribution is 6.14. The Bertz CT molecular complexity index is 3230. The van der Waals surface area contributed by atoms with Crippen molar-refractivity contribution in [3.63, 3.8) is 0 Å². The van der Waals surface area contributed by atoms with Crippen molar-refractivity contribution in [2.24, 2.45) is 0 Å². The largest absolute Gasteiger partial charge is 0.456 e. The van der Waals surface area contributed by atoms with E-state index < -0.39 is 0 Å². The van der Waals surface area contributed by atoms with Crippen LogP contribution in [0.4, 0.5) is 0 Å². The summed E-state index contributed by atoms with van der Waals surface area (Å²) >= 11 is 0. The van der Waals surface area contributed by atoms with E-state index in [1.165, 1.54) is 33.0 Å². The summed E-state index contributed by atoms with van der Waals surface area (Å²) in [6.07, 6.45) is 9.00. The van der Waals surface area contributed by atoms with Gasteiger partial charge >= 0.3 is 0 Å². The number of nitrogens with zero attached hydrogens (tertiary/aromatic N) is 3. The second-order valence-electron chi connectivity index (χ2n) is 14.7. The van der Waals surface area contributed by atoms with E-state index in [0.29, 0.717) is 17.5 Å². The molecule has 1 aliphatic rings. The average molecular weight is 730 g/mol. The maximum Gasteiger partial charge on any atom is 0.164 e. The van der Waals surface area contributed by atoms with Crippen LogP contribution in [0.2, 0.25) is 0 Å². The van der Waals surface area contributed by atoms with E-state index in [-0.39, 0.29) is 0 Å². The minimum absolute atomic E-state index is 0.600. The Morgan fingerprint density at radius 3 is 1.84 bits per heavy atom. The van der Waals surface area contributed by atoms with Crippen molar-refractivity contribution in [1.82, 2.24) is 15.0 Å². The fourth-order valence-corrected chi connectivity index (χ4v) is 8.35. The predicted molar refractivity (Wildman–Crippen MR) is 236 cm³/mol. The van der Waals surface area contributed by atoms with E-state index in [1.807, 2.05) is 30.3 Å². The summed E-state index contributed by atoms with van der Waals surface area (Å²) in [5.74, 6) is 1.85. The van der Waals surface area contributed by atoms with Crippen LogP contribution in [0.15, 0.2) is 193 Å². The molecule has 10 aromatic rings. The molecular formula is C53H35N3O. The lowest BCUT2D eigenvalue weighted by atomic mass is 9.91. The SMILES string of the molecule is C1=CC(c2cc(-c3ccccc3)cc(-c3ccc4c(c3)oc3cccc(-c5nc(-c6ccccc6)nc(-c6cc7ccccc7c7ccccc67)n5)c34)c2)=CCC1. The molecule has 0 unspecified atom stereocenters. The van der Waals surface area contributed by atoms with Crippen molar-refractivity contribution in [3.05, 3.63) is 194 Å². The standard InChI is InChI=1S/C53H35N3O/c1-4-15-34(16-5-1)39-29-40(35-17-6-2-7-18-35)31-41(30-39)37-27-28-45-49(33-37)57-48-26-14-25-46(50(45)48)52-54-51(36-19-8-3-9-20-36)55-53(56-52)47-32-38-21-10-11-22-42(38)43-23-12-13-24-44(43)47/h1,3-6,8-33H,2,7H2. The Labute approximate surface area is 330 Å². The Balaban J connectivity index is 1.09. The van der Waals surface area contributed by atoms with Crippen molar-refractivity contribution in [1.29, 1.82) is 0 Å². The smallest absolute Gasteiger partial charge is 0.164 e. The third-order valence-corrected chi connectivity index (χ3v) is 11.1. The summed E-state index contributed by atoms with van der Waals surface area (Å²) in [5.41, 5.74) is 11.5. The maximum atomic E-state index is 6.68. The molecule has 0 saturated carbocycles. The molecule has 57 heavy (non-hydrogen) atoms. The topological polar surface area (TPSA) is 51.8 Å². The highest BCUT2D eigenvalue weighted by atomic mass is 16.3. The number of rotatable bonds is 6. The fraction of sp³-hybridized carbons (Fsp3) is 0.0377. The van der Waals surface area contributed by atoms with Gasteiger partial charge in [-0.05, 0) is 110 Å². The zero-order valence-corrected chi connectivity index (χ0v) is 31.1. The van der Waals surface area contributed by atoms with Crippen LogP contribution in [0.25, 0.3) is 105 Å². The molecule has 0 spiro atoms. The Kier molecular flexibility index (Phi) is 7.92. The predicted octanol–water partition coefficient (Wildman–Crippen LogP) is 14.1. The van der Waals surface area contributed by atoms with E-state index in [4.69, 9.17) is 19.4 Å². The first kappa shape index (κ1) is 33.0. The average Bonchev–Trinajstić information content (AvgIpc) is 3.68. The molecular weight excluding hydrogens is 695 g/mol. The summed E-state index contributed by atoms with van der Waals surface area (Å²) in [7, 11) is 0. The molecule has 0 atom stereocenters. The van der Waals surface area contributed by atoms with E-state index in [0.717, 1.165) is 73.4 Å². The molecule has 0 bridgehead atoms. The van der Waals surface area contributed by atoms with Gasteiger partial charge in [-0.15, -0.1) is 0 Å². The van der Waals surface area contributed by atoms with E-state index in [9.17, 15) is 0 Å². The summed E-state index contributed by atoms with van der Waals surface area (Å²) in [6, 6.07) is 59.6. The van der Waals surface area contributed by atoms with E-state index >= 15 is 0 Å². The quantitative estimate of drug-likeness (QED) is 0.160. The maximum absolute atomic E-state index is 6.68. The first-order valence-corrected chi connectivity index (χ1v) is 19.5. The summed E-state index contributed by atoms with van der Waals surface area (Å²) in [5, 5.41) is 6.61. The van der Waals surface area contributed by atoms with Crippen molar-refractivity contribution < 1.29 is 4.42 Å². The molecule has 8 aromatic carbocycles. The number of allylic oxidation sites excluding steroid dienone is 4. The van der Waals surface area contributed by atoms with E-state index in [1.54, 1.807) is 0 Å². The lowest BCUT2D eigenvalue weighted by Gasteiger charge is -2.13. The van der Waals surface area contributed by atoms with Crippen LogP contribution in [0, 0.1) is 0 Å². The van der Waals surface area contributed by atoms with Gasteiger partial charge in [0.1, 0.15) is 11.2 Å². The van der Waals surface area contributed by atoms with Crippen LogP contribution >= 0.6 is 0 Å². The fourth-order valence-electron chi connectivity index (χ4n) is 8.35. The zero-order valence-electron chi connectivity index (χ0n) is 31.1. The van der Waals surface area contributed by atoms with E-state index in [2.05, 4.69) is 158 Å². The number of benzene rings is 8. The number of aromatic nitrogens is 3. The van der Waals surface area contributed by atoms with Gasteiger partial charge < -0.3 is 4.42 Å². The molecule has 4 nitrogen and oxygen atoms in total. The van der Waals surface area contributed by atoms with Gasteiger partial charge in [0.15, 0.2) is 17.5 Å². The highest BCUT2D eigenvalue weighted by Crippen LogP contribution is 2.41. The second-order valence-corrected chi connectivity index (χ2v) is 14.7. The van der Waals surface area contributed by atoms with Crippen molar-refractivity contribution in [2.45, 2.75) is 12.8 Å². The molecule has 0 radical (unpaired) electrons. The molecule has 2 heterocycles. The lowest BCUT2D eigenvalue weighted by Crippen LogP contribution is -2.01. The Hall–Kier alpha value is -7.43. The van der Waals surface area contributed by atoms with Gasteiger partial charge in [-0.3, -0.25) is 0 Å². The van der Waals surface area contributed by atoms with Gasteiger partial charge in [-0.2, -0.15) is 0 Å². The molecule has 0 aliphatic heterocycles. The number of fused-ring (bicyclic) bond motifs is 6. The number of furan rings is 1. The number of hydrogen-bond donors (Lipinski definition) is 0. The second kappa shape index (κ2) is 13.7. The summed E-state index contributed by atoms with van der Waals surface area (Å²) < 4.78 is 6.68. The molecule has 0 fully saturated rings. The van der Waals surface area contributed by atoms with Crippen LogP contribution in [0.1, 0.15) is 18.4 Å². The molecule has 0 amide bonds. The third-order valence-electron chi connectivity index (χ3n) is 11.1. The Morgan fingerprint density at radius 1 is 0.386 bits per heavy atom. The monoisotopic (exact) mass is 729 g/mol. The Morgan fingerprint density at radius 2 is 1.05 bits per heavy atom. The third kappa shape index (κ3) is 5.90. The summed E-state index contributed by atoms with van der Waals surface area (Å²) in [6.45, 7) is 0. The highest BCUT2D eigenvalue weighted by Gasteiger charge is 2.20. The van der Waals surface area contributed by atoms with Crippen LogP contribution in [-0.4, -0.2) is 15.0 Å². The van der Waals surface area contributed by atoms with Gasteiger partial charge in [-0.25, -0.2) is 15.0 Å². The minimum atomic E-state index is 0.600. The van der Waals surface area contributed by atoms with Gasteiger partial charge in [0.2, 0.25) is 0 Å². The van der Waals surface area contributed by atoms with Crippen LogP contribution in [0.3, 0.4) is 0 Å². The molecule has 1 aliphatic carbocycles. The molecule has 4 heteroatoms. The lowest BCUT2D eigenvalue weighted by molar-refractivity contribution is 0.669. The van der Waals surface area contributed by atoms with Crippen molar-refractivity contribution in [3.8, 4) is 56.4 Å². The van der Waals surface area contributed by atoms with Crippen LogP contribution in [-0.2, 0) is 0 Å². The van der Waals surface area contributed by atoms with Crippen molar-refractivity contribution >= 4 is 49.1 Å². The molecule has 268 valence electrons. The number of hydrogen-bond acceptors (Lipinski definition) is 4. The normalized spacial score (nSPS) is 12.8. The van der Waals surface area contributed by atoms with Gasteiger partial charge in [0.25, 0.3) is 0 Å². The molecule has 2 aromatic heterocycles. The zero-order chi connectivity index (χ0) is 37.7. The minimum Gasteiger partial charge on any atom is -0.456 e. The first-order valence-electron chi connectivity index (χ1n) is 19.5. The van der Waals surface area contributed by atoms with Gasteiger partial charge in [0, 0.05) is 27.5 Å². The van der Waals surface area contributed by atoms with Crippen LogP contribution < -0.4 is 0 Å². The molecule has 11 rings (SSSR count). The molecule has 0 saturated heterocycles. The molecule has 0 N–H and O–H groups in total. The first-order chi connectivity index (χ1) is 28.2.